The summed E-state index contributed by atoms with van der Waals surface area (Å²) in [6, 6.07) is 10.4. The van der Waals surface area contributed by atoms with Crippen LogP contribution in [-0.4, -0.2) is 17.0 Å². The average Bonchev–Trinajstić information content (AvgIpc) is 2.52. The number of anilines is 2. The zero-order chi connectivity index (χ0) is 14.4. The highest BCUT2D eigenvalue weighted by Gasteiger charge is 2.04. The third-order valence-corrected chi connectivity index (χ3v) is 3.30. The van der Waals surface area contributed by atoms with E-state index in [2.05, 4.69) is 58.7 Å². The van der Waals surface area contributed by atoms with Crippen molar-refractivity contribution in [2.45, 2.75) is 33.2 Å². The number of nitrogens with one attached hydrogen (secondary N) is 2. The van der Waals surface area contributed by atoms with Crippen molar-refractivity contribution in [2.24, 2.45) is 0 Å². The summed E-state index contributed by atoms with van der Waals surface area (Å²) in [7, 11) is 1.87. The molecule has 2 rings (SSSR count). The van der Waals surface area contributed by atoms with Gasteiger partial charge in [-0.05, 0) is 17.5 Å². The van der Waals surface area contributed by atoms with E-state index in [1.165, 1.54) is 11.1 Å². The monoisotopic (exact) mass is 270 g/mol. The number of rotatable bonds is 6. The zero-order valence-corrected chi connectivity index (χ0v) is 12.4. The molecule has 20 heavy (non-hydrogen) atoms. The molecule has 0 fully saturated rings. The highest BCUT2D eigenvalue weighted by Crippen LogP contribution is 2.15. The Kier molecular flexibility index (Phi) is 4.93. The van der Waals surface area contributed by atoms with Gasteiger partial charge in [0.1, 0.15) is 17.5 Å². The Morgan fingerprint density at radius 2 is 1.65 bits per heavy atom. The Morgan fingerprint density at radius 3 is 2.30 bits per heavy atom. The number of hydrogen-bond acceptors (Lipinski definition) is 4. The van der Waals surface area contributed by atoms with Crippen LogP contribution in [-0.2, 0) is 19.4 Å². The van der Waals surface area contributed by atoms with Crippen LogP contribution < -0.4 is 10.6 Å². The van der Waals surface area contributed by atoms with Crippen molar-refractivity contribution in [1.82, 2.24) is 9.97 Å². The molecule has 0 unspecified atom stereocenters. The summed E-state index contributed by atoms with van der Waals surface area (Å²) in [6.07, 6.45) is 1.87. The van der Waals surface area contributed by atoms with Gasteiger partial charge < -0.3 is 10.6 Å². The first-order chi connectivity index (χ1) is 9.76. The Morgan fingerprint density at radius 1 is 0.950 bits per heavy atom. The standard InChI is InChI=1S/C16H22N4/c1-4-12-8-6-7-9-13(12)11-18-16-10-15(17-3)19-14(5-2)20-16/h6-10H,4-5,11H2,1-3H3,(H2,17,18,19,20). The van der Waals surface area contributed by atoms with E-state index in [0.29, 0.717) is 0 Å². The van der Waals surface area contributed by atoms with E-state index in [-0.39, 0.29) is 0 Å². The maximum Gasteiger partial charge on any atom is 0.132 e. The number of hydrogen-bond donors (Lipinski definition) is 2. The summed E-state index contributed by atoms with van der Waals surface area (Å²) >= 11 is 0. The molecule has 0 saturated heterocycles. The van der Waals surface area contributed by atoms with Crippen LogP contribution in [0.1, 0.15) is 30.8 Å². The van der Waals surface area contributed by atoms with E-state index >= 15 is 0 Å². The van der Waals surface area contributed by atoms with Crippen LogP contribution in [0.2, 0.25) is 0 Å². The molecule has 0 aliphatic carbocycles. The predicted octanol–water partition coefficient (Wildman–Crippen LogP) is 3.26. The van der Waals surface area contributed by atoms with Gasteiger partial charge in [0.25, 0.3) is 0 Å². The second-order valence-corrected chi connectivity index (χ2v) is 4.63. The van der Waals surface area contributed by atoms with Crippen molar-refractivity contribution in [3.63, 3.8) is 0 Å². The molecule has 0 aliphatic rings. The first kappa shape index (κ1) is 14.3. The molecule has 1 aromatic carbocycles. The third-order valence-electron chi connectivity index (χ3n) is 3.30. The molecule has 0 spiro atoms. The lowest BCUT2D eigenvalue weighted by molar-refractivity contribution is 0.931. The average molecular weight is 270 g/mol. The highest BCUT2D eigenvalue weighted by molar-refractivity contribution is 5.47. The lowest BCUT2D eigenvalue weighted by Gasteiger charge is -2.11. The van der Waals surface area contributed by atoms with Gasteiger partial charge in [-0.15, -0.1) is 0 Å². The lowest BCUT2D eigenvalue weighted by Crippen LogP contribution is -2.07. The summed E-state index contributed by atoms with van der Waals surface area (Å²) < 4.78 is 0. The fraction of sp³-hybridized carbons (Fsp3) is 0.375. The summed E-state index contributed by atoms with van der Waals surface area (Å²) in [5, 5.41) is 6.47. The molecule has 1 heterocycles. The number of aryl methyl sites for hydroxylation is 2. The second kappa shape index (κ2) is 6.89. The van der Waals surface area contributed by atoms with E-state index in [1.54, 1.807) is 0 Å². The predicted molar refractivity (Wildman–Crippen MR) is 84.1 cm³/mol. The van der Waals surface area contributed by atoms with Crippen molar-refractivity contribution in [3.8, 4) is 0 Å². The van der Waals surface area contributed by atoms with Gasteiger partial charge in [0.05, 0.1) is 0 Å². The van der Waals surface area contributed by atoms with Crippen LogP contribution in [0.3, 0.4) is 0 Å². The molecule has 2 aromatic rings. The van der Waals surface area contributed by atoms with Gasteiger partial charge in [0.2, 0.25) is 0 Å². The van der Waals surface area contributed by atoms with E-state index < -0.39 is 0 Å². The minimum atomic E-state index is 0.785. The normalized spacial score (nSPS) is 10.3. The Balaban J connectivity index is 2.14. The molecule has 1 aromatic heterocycles. The van der Waals surface area contributed by atoms with Gasteiger partial charge in [-0.2, -0.15) is 0 Å². The van der Waals surface area contributed by atoms with E-state index in [0.717, 1.165) is 36.8 Å². The number of aromatic nitrogens is 2. The molecule has 4 nitrogen and oxygen atoms in total. The largest absolute Gasteiger partial charge is 0.373 e. The molecular formula is C16H22N4. The van der Waals surface area contributed by atoms with E-state index in [9.17, 15) is 0 Å². The first-order valence-corrected chi connectivity index (χ1v) is 7.13. The molecule has 0 atom stereocenters. The molecule has 106 valence electrons. The topological polar surface area (TPSA) is 49.8 Å². The highest BCUT2D eigenvalue weighted by atomic mass is 15.1. The molecule has 0 aliphatic heterocycles. The molecule has 4 heteroatoms. The SMILES string of the molecule is CCc1nc(NC)cc(NCc2ccccc2CC)n1. The van der Waals surface area contributed by atoms with Crippen molar-refractivity contribution in [3.05, 3.63) is 47.3 Å². The molecule has 0 radical (unpaired) electrons. The zero-order valence-electron chi connectivity index (χ0n) is 12.4. The van der Waals surface area contributed by atoms with Crippen molar-refractivity contribution < 1.29 is 0 Å². The van der Waals surface area contributed by atoms with E-state index in [1.807, 2.05) is 13.1 Å². The summed E-state index contributed by atoms with van der Waals surface area (Å²) in [5.74, 6) is 2.57. The van der Waals surface area contributed by atoms with Crippen molar-refractivity contribution >= 4 is 11.6 Å². The Labute approximate surface area is 120 Å². The fourth-order valence-electron chi connectivity index (χ4n) is 2.13. The quantitative estimate of drug-likeness (QED) is 0.846. The summed E-state index contributed by atoms with van der Waals surface area (Å²) in [5.41, 5.74) is 2.69. The minimum Gasteiger partial charge on any atom is -0.373 e. The van der Waals surface area contributed by atoms with Crippen LogP contribution in [0.25, 0.3) is 0 Å². The Hall–Kier alpha value is -2.10. The lowest BCUT2D eigenvalue weighted by atomic mass is 10.1. The van der Waals surface area contributed by atoms with Crippen molar-refractivity contribution in [2.75, 3.05) is 17.7 Å². The second-order valence-electron chi connectivity index (χ2n) is 4.63. The van der Waals surface area contributed by atoms with Crippen LogP contribution in [0.15, 0.2) is 30.3 Å². The minimum absolute atomic E-state index is 0.785. The first-order valence-electron chi connectivity index (χ1n) is 7.13. The Bertz CT molecular complexity index is 544. The van der Waals surface area contributed by atoms with Gasteiger partial charge in [-0.25, -0.2) is 9.97 Å². The van der Waals surface area contributed by atoms with Gasteiger partial charge >= 0.3 is 0 Å². The van der Waals surface area contributed by atoms with Gasteiger partial charge in [0.15, 0.2) is 0 Å². The van der Waals surface area contributed by atoms with Crippen molar-refractivity contribution in [1.29, 1.82) is 0 Å². The van der Waals surface area contributed by atoms with Crippen LogP contribution in [0.5, 0.6) is 0 Å². The molecule has 0 bridgehead atoms. The maximum atomic E-state index is 4.51. The summed E-state index contributed by atoms with van der Waals surface area (Å²) in [6.45, 7) is 5.02. The molecular weight excluding hydrogens is 248 g/mol. The number of benzene rings is 1. The van der Waals surface area contributed by atoms with Crippen LogP contribution in [0.4, 0.5) is 11.6 Å². The molecule has 0 saturated carbocycles. The van der Waals surface area contributed by atoms with Gasteiger partial charge in [-0.1, -0.05) is 38.1 Å². The van der Waals surface area contributed by atoms with Crippen LogP contribution in [0, 0.1) is 0 Å². The van der Waals surface area contributed by atoms with Gasteiger partial charge in [-0.3, -0.25) is 0 Å². The number of nitrogens with zero attached hydrogens (tertiary/aromatic N) is 2. The smallest absolute Gasteiger partial charge is 0.132 e. The fourth-order valence-corrected chi connectivity index (χ4v) is 2.13. The summed E-state index contributed by atoms with van der Waals surface area (Å²) in [4.78, 5) is 8.91. The maximum absolute atomic E-state index is 4.51. The molecule has 2 N–H and O–H groups in total. The van der Waals surface area contributed by atoms with Gasteiger partial charge in [0, 0.05) is 26.1 Å². The third kappa shape index (κ3) is 3.47. The molecule has 0 amide bonds. The van der Waals surface area contributed by atoms with Crippen LogP contribution >= 0.6 is 0 Å². The van der Waals surface area contributed by atoms with E-state index in [4.69, 9.17) is 0 Å².